The summed E-state index contributed by atoms with van der Waals surface area (Å²) in [6, 6.07) is 19.1. The van der Waals surface area contributed by atoms with Gasteiger partial charge in [0.05, 0.1) is 33.2 Å². The molecular formula is C32H29ClN4O3S. The molecule has 41 heavy (non-hydrogen) atoms. The summed E-state index contributed by atoms with van der Waals surface area (Å²) in [5, 5.41) is 21.8. The van der Waals surface area contributed by atoms with Crippen LogP contribution in [0, 0.1) is 42.2 Å². The lowest BCUT2D eigenvalue weighted by atomic mass is 9.74. The van der Waals surface area contributed by atoms with Crippen molar-refractivity contribution in [1.82, 2.24) is 0 Å². The molecule has 2 N–H and O–H groups in total. The van der Waals surface area contributed by atoms with E-state index in [9.17, 15) is 20.2 Å². The lowest BCUT2D eigenvalue weighted by Crippen LogP contribution is -2.39. The number of nitrogens with zero attached hydrogens (tertiary/aromatic N) is 3. The Balaban J connectivity index is 1.63. The number of halogens is 1. The van der Waals surface area contributed by atoms with Crippen molar-refractivity contribution in [1.29, 1.82) is 5.26 Å². The number of nitriles is 1. The highest BCUT2D eigenvalue weighted by Crippen LogP contribution is 2.48. The Labute approximate surface area is 248 Å². The van der Waals surface area contributed by atoms with Gasteiger partial charge in [-0.15, -0.1) is 11.8 Å². The number of anilines is 1. The van der Waals surface area contributed by atoms with E-state index >= 15 is 0 Å². The van der Waals surface area contributed by atoms with Gasteiger partial charge in [-0.25, -0.2) is 0 Å². The van der Waals surface area contributed by atoms with Gasteiger partial charge in [-0.1, -0.05) is 41.4 Å². The van der Waals surface area contributed by atoms with Crippen molar-refractivity contribution < 1.29 is 9.72 Å². The average Bonchev–Trinajstić information content (AvgIpc) is 2.93. The highest BCUT2D eigenvalue weighted by atomic mass is 35.5. The van der Waals surface area contributed by atoms with Gasteiger partial charge in [0.2, 0.25) is 0 Å². The quantitative estimate of drug-likeness (QED) is 0.179. The SMILES string of the molecule is Cc1ccc(SCc2cc(C3C(C#N)=C(N)N(c4ccc([N+](=O)[O-])cc4Cl)C4=C3C(=O)CCC4)c(C)cc2C)cc1. The number of hydrogen-bond acceptors (Lipinski definition) is 7. The molecule has 0 fully saturated rings. The van der Waals surface area contributed by atoms with Gasteiger partial charge in [0.25, 0.3) is 5.69 Å². The van der Waals surface area contributed by atoms with Gasteiger partial charge in [-0.3, -0.25) is 19.8 Å². The number of aryl methyl sites for hydroxylation is 3. The molecule has 208 valence electrons. The summed E-state index contributed by atoms with van der Waals surface area (Å²) in [6.45, 7) is 6.14. The second-order valence-corrected chi connectivity index (χ2v) is 11.9. The number of nitro benzene ring substituents is 1. The molecule has 0 radical (unpaired) electrons. The van der Waals surface area contributed by atoms with Crippen molar-refractivity contribution in [2.75, 3.05) is 4.90 Å². The molecule has 1 atom stereocenters. The zero-order valence-corrected chi connectivity index (χ0v) is 24.6. The third kappa shape index (κ3) is 5.35. The van der Waals surface area contributed by atoms with Gasteiger partial charge in [-0.05, 0) is 74.1 Å². The van der Waals surface area contributed by atoms with E-state index in [4.69, 9.17) is 17.3 Å². The van der Waals surface area contributed by atoms with Gasteiger partial charge in [0.15, 0.2) is 5.78 Å². The molecular weight excluding hydrogens is 556 g/mol. The fourth-order valence-electron chi connectivity index (χ4n) is 5.64. The Bertz CT molecular complexity index is 1690. The second-order valence-electron chi connectivity index (χ2n) is 10.4. The predicted molar refractivity (Wildman–Crippen MR) is 163 cm³/mol. The number of nitro groups is 1. The summed E-state index contributed by atoms with van der Waals surface area (Å²) in [4.78, 5) is 27.2. The lowest BCUT2D eigenvalue weighted by Gasteiger charge is -2.40. The van der Waals surface area contributed by atoms with Gasteiger partial charge in [0.1, 0.15) is 5.82 Å². The van der Waals surface area contributed by atoms with Crippen LogP contribution in [0.5, 0.6) is 0 Å². The number of Topliss-reactive ketones (excluding diaryl/α,β-unsaturated/α-hetero) is 1. The Morgan fingerprint density at radius 1 is 1.10 bits per heavy atom. The van der Waals surface area contributed by atoms with Crippen molar-refractivity contribution in [3.8, 4) is 6.07 Å². The van der Waals surface area contributed by atoms with Crippen LogP contribution in [0.4, 0.5) is 11.4 Å². The van der Waals surface area contributed by atoms with E-state index in [1.54, 1.807) is 16.7 Å². The van der Waals surface area contributed by atoms with Crippen molar-refractivity contribution in [3.63, 3.8) is 0 Å². The molecule has 0 saturated carbocycles. The Hall–Kier alpha value is -4.06. The summed E-state index contributed by atoms with van der Waals surface area (Å²) >= 11 is 8.26. The number of nitrogens with two attached hydrogens (primary N) is 1. The van der Waals surface area contributed by atoms with Crippen LogP contribution in [0.3, 0.4) is 0 Å². The molecule has 3 aromatic rings. The summed E-state index contributed by atoms with van der Waals surface area (Å²) in [5.74, 6) is 0.271. The van der Waals surface area contributed by atoms with Gasteiger partial charge >= 0.3 is 0 Å². The zero-order chi connectivity index (χ0) is 29.4. The molecule has 5 rings (SSSR count). The fourth-order valence-corrected chi connectivity index (χ4v) is 6.86. The van der Waals surface area contributed by atoms with Gasteiger partial charge in [0, 0.05) is 40.5 Å². The zero-order valence-electron chi connectivity index (χ0n) is 23.0. The maximum atomic E-state index is 13.6. The molecule has 7 nitrogen and oxygen atoms in total. The third-order valence-corrected chi connectivity index (χ3v) is 9.11. The van der Waals surface area contributed by atoms with Crippen LogP contribution in [0.25, 0.3) is 0 Å². The summed E-state index contributed by atoms with van der Waals surface area (Å²) < 4.78 is 0. The number of benzene rings is 3. The van der Waals surface area contributed by atoms with Crippen LogP contribution in [-0.4, -0.2) is 10.7 Å². The normalized spacial score (nSPS) is 17.0. The first-order valence-corrected chi connectivity index (χ1v) is 14.7. The molecule has 3 aromatic carbocycles. The molecule has 0 amide bonds. The number of carbonyl (C=O) groups excluding carboxylic acids is 1. The first-order valence-electron chi connectivity index (χ1n) is 13.3. The molecule has 1 aliphatic carbocycles. The lowest BCUT2D eigenvalue weighted by molar-refractivity contribution is -0.384. The summed E-state index contributed by atoms with van der Waals surface area (Å²) in [5.41, 5.74) is 13.8. The highest BCUT2D eigenvalue weighted by Gasteiger charge is 2.41. The van der Waals surface area contributed by atoms with Crippen molar-refractivity contribution >= 4 is 40.5 Å². The van der Waals surface area contributed by atoms with Crippen LogP contribution < -0.4 is 10.6 Å². The first-order chi connectivity index (χ1) is 19.6. The van der Waals surface area contributed by atoms with Gasteiger partial charge < -0.3 is 5.73 Å². The highest BCUT2D eigenvalue weighted by molar-refractivity contribution is 7.98. The van der Waals surface area contributed by atoms with Gasteiger partial charge in [-0.2, -0.15) is 5.26 Å². The number of thioether (sulfide) groups is 1. The number of allylic oxidation sites excluding steroid dienone is 3. The monoisotopic (exact) mass is 584 g/mol. The number of non-ortho nitro benzene ring substituents is 1. The number of rotatable bonds is 6. The van der Waals surface area contributed by atoms with E-state index in [0.717, 1.165) is 28.0 Å². The van der Waals surface area contributed by atoms with E-state index in [1.165, 1.54) is 28.7 Å². The number of hydrogen-bond donors (Lipinski definition) is 1. The molecule has 0 saturated heterocycles. The molecule has 1 unspecified atom stereocenters. The molecule has 9 heteroatoms. The van der Waals surface area contributed by atoms with E-state index in [0.29, 0.717) is 36.2 Å². The number of ketones is 1. The van der Waals surface area contributed by atoms with E-state index in [2.05, 4.69) is 56.3 Å². The largest absolute Gasteiger partial charge is 0.384 e. The predicted octanol–water partition coefficient (Wildman–Crippen LogP) is 7.77. The third-order valence-electron chi connectivity index (χ3n) is 7.75. The average molecular weight is 585 g/mol. The smallest absolute Gasteiger partial charge is 0.271 e. The molecule has 0 aromatic heterocycles. The van der Waals surface area contributed by atoms with Crippen molar-refractivity contribution in [2.45, 2.75) is 56.6 Å². The van der Waals surface area contributed by atoms with Crippen LogP contribution in [0.15, 0.2) is 82.2 Å². The molecule has 1 aliphatic heterocycles. The Morgan fingerprint density at radius 3 is 2.49 bits per heavy atom. The Kier molecular flexibility index (Phi) is 7.94. The number of carbonyl (C=O) groups is 1. The molecule has 0 bridgehead atoms. The minimum Gasteiger partial charge on any atom is -0.384 e. The van der Waals surface area contributed by atoms with Crippen LogP contribution >= 0.6 is 23.4 Å². The van der Waals surface area contributed by atoms with Crippen LogP contribution in [0.1, 0.15) is 53.0 Å². The topological polar surface area (TPSA) is 113 Å². The molecule has 1 heterocycles. The minimum atomic E-state index is -0.611. The van der Waals surface area contributed by atoms with E-state index in [1.807, 2.05) is 6.92 Å². The fraction of sp³-hybridized carbons (Fsp3) is 0.250. The van der Waals surface area contributed by atoms with E-state index in [-0.39, 0.29) is 27.9 Å². The van der Waals surface area contributed by atoms with E-state index < -0.39 is 10.8 Å². The standard InChI is InChI=1S/C32H29ClN4O3S/c1-18-7-10-23(11-8-18)41-17-21-14-24(20(3)13-19(21)2)30-25(16-34)32(35)36(28-5-4-6-29(38)31(28)30)27-12-9-22(37(39)40)15-26(27)33/h7-15,30H,4-6,17,35H2,1-3H3. The maximum Gasteiger partial charge on any atom is 0.271 e. The first kappa shape index (κ1) is 28.5. The maximum absolute atomic E-state index is 13.6. The second kappa shape index (κ2) is 11.4. The van der Waals surface area contributed by atoms with Crippen molar-refractivity contribution in [2.24, 2.45) is 5.73 Å². The minimum absolute atomic E-state index is 0.0323. The van der Waals surface area contributed by atoms with Crippen molar-refractivity contribution in [3.05, 3.63) is 120 Å². The summed E-state index contributed by atoms with van der Waals surface area (Å²) in [7, 11) is 0. The summed E-state index contributed by atoms with van der Waals surface area (Å²) in [6.07, 6.45) is 1.56. The Morgan fingerprint density at radius 2 is 1.83 bits per heavy atom. The van der Waals surface area contributed by atoms with Crippen LogP contribution in [-0.2, 0) is 10.5 Å². The molecule has 0 spiro atoms. The molecule has 2 aliphatic rings. The van der Waals surface area contributed by atoms with Crippen LogP contribution in [0.2, 0.25) is 5.02 Å².